The number of rotatable bonds is 6. The number of nitrogens with one attached hydrogen (secondary N) is 1. The van der Waals surface area contributed by atoms with E-state index in [9.17, 15) is 0 Å². The monoisotopic (exact) mass is 278 g/mol. The molecule has 0 aliphatic carbocycles. The molecule has 0 spiro atoms. The maximum atomic E-state index is 4.44. The van der Waals surface area contributed by atoms with Crippen LogP contribution in [0.3, 0.4) is 0 Å². The Hall–Kier alpha value is -1.47. The van der Waals surface area contributed by atoms with E-state index in [-0.39, 0.29) is 0 Å². The molecule has 0 amide bonds. The Bertz CT molecular complexity index is 509. The second-order valence-corrected chi connectivity index (χ2v) is 5.28. The van der Waals surface area contributed by atoms with E-state index in [4.69, 9.17) is 0 Å². The van der Waals surface area contributed by atoms with Gasteiger partial charge in [-0.15, -0.1) is 5.10 Å². The summed E-state index contributed by atoms with van der Waals surface area (Å²) < 4.78 is 1.63. The molecular weight excluding hydrogens is 260 g/mol. The van der Waals surface area contributed by atoms with Crippen molar-refractivity contribution in [2.45, 2.75) is 36.5 Å². The lowest BCUT2D eigenvalue weighted by atomic mass is 10.1. The summed E-state index contributed by atoms with van der Waals surface area (Å²) in [6, 6.07) is 4.41. The van der Waals surface area contributed by atoms with E-state index < -0.39 is 0 Å². The van der Waals surface area contributed by atoms with Gasteiger partial charge in [-0.3, -0.25) is 0 Å². The number of aromatic nitrogens is 5. The molecule has 0 saturated carbocycles. The van der Waals surface area contributed by atoms with Crippen LogP contribution in [0, 0.1) is 0 Å². The highest BCUT2D eigenvalue weighted by molar-refractivity contribution is 7.99. The zero-order chi connectivity index (χ0) is 13.7. The van der Waals surface area contributed by atoms with Gasteiger partial charge in [0.05, 0.1) is 0 Å². The van der Waals surface area contributed by atoms with Crippen molar-refractivity contribution in [3.05, 3.63) is 23.9 Å². The van der Waals surface area contributed by atoms with Crippen LogP contribution in [0.2, 0.25) is 0 Å². The number of hydrogen-bond acceptors (Lipinski definition) is 6. The van der Waals surface area contributed by atoms with Crippen molar-refractivity contribution in [1.82, 2.24) is 30.5 Å². The average molecular weight is 278 g/mol. The van der Waals surface area contributed by atoms with Crippen molar-refractivity contribution in [1.29, 1.82) is 0 Å². The Morgan fingerprint density at radius 2 is 2.26 bits per heavy atom. The molecule has 0 saturated heterocycles. The zero-order valence-corrected chi connectivity index (χ0v) is 12.2. The lowest BCUT2D eigenvalue weighted by Crippen LogP contribution is -2.19. The van der Waals surface area contributed by atoms with Gasteiger partial charge in [0, 0.05) is 19.3 Å². The molecule has 2 heterocycles. The van der Waals surface area contributed by atoms with Gasteiger partial charge in [-0.2, -0.15) is 0 Å². The molecule has 19 heavy (non-hydrogen) atoms. The van der Waals surface area contributed by atoms with E-state index in [2.05, 4.69) is 45.7 Å². The van der Waals surface area contributed by atoms with Gasteiger partial charge in [0.25, 0.3) is 0 Å². The normalized spacial score (nSPS) is 12.6. The van der Waals surface area contributed by atoms with Crippen molar-refractivity contribution >= 4 is 11.8 Å². The predicted molar refractivity (Wildman–Crippen MR) is 73.9 cm³/mol. The first-order valence-corrected chi connectivity index (χ1v) is 7.12. The highest BCUT2D eigenvalue weighted by atomic mass is 32.2. The van der Waals surface area contributed by atoms with Crippen molar-refractivity contribution in [2.24, 2.45) is 7.05 Å². The Morgan fingerprint density at radius 3 is 2.84 bits per heavy atom. The minimum Gasteiger partial charge on any atom is -0.310 e. The first kappa shape index (κ1) is 14.0. The molecule has 0 bridgehead atoms. The van der Waals surface area contributed by atoms with Gasteiger partial charge in [0.1, 0.15) is 5.03 Å². The average Bonchev–Trinajstić information content (AvgIpc) is 2.82. The molecule has 0 aliphatic rings. The molecule has 1 unspecified atom stereocenters. The quantitative estimate of drug-likeness (QED) is 0.869. The maximum absolute atomic E-state index is 4.44. The lowest BCUT2D eigenvalue weighted by Gasteiger charge is -2.13. The zero-order valence-electron chi connectivity index (χ0n) is 11.4. The van der Waals surface area contributed by atoms with Gasteiger partial charge < -0.3 is 5.32 Å². The third-order valence-corrected chi connectivity index (χ3v) is 3.72. The fourth-order valence-corrected chi connectivity index (χ4v) is 2.26. The van der Waals surface area contributed by atoms with Gasteiger partial charge in [-0.1, -0.05) is 13.0 Å². The Balaban J connectivity index is 2.00. The largest absolute Gasteiger partial charge is 0.310 e. The molecule has 102 valence electrons. The van der Waals surface area contributed by atoms with Crippen molar-refractivity contribution in [2.75, 3.05) is 6.54 Å². The number of nitrogens with zero attached hydrogens (tertiary/aromatic N) is 5. The lowest BCUT2D eigenvalue weighted by molar-refractivity contribution is 0.568. The fourth-order valence-electron chi connectivity index (χ4n) is 1.59. The summed E-state index contributed by atoms with van der Waals surface area (Å²) >= 11 is 1.45. The summed E-state index contributed by atoms with van der Waals surface area (Å²) in [4.78, 5) is 4.44. The van der Waals surface area contributed by atoms with Crippen LogP contribution in [0.25, 0.3) is 0 Å². The summed E-state index contributed by atoms with van der Waals surface area (Å²) in [6.07, 6.45) is 3.03. The molecule has 2 aromatic heterocycles. The van der Waals surface area contributed by atoms with Gasteiger partial charge >= 0.3 is 0 Å². The number of tetrazole rings is 1. The number of aryl methyl sites for hydroxylation is 1. The van der Waals surface area contributed by atoms with Crippen LogP contribution >= 0.6 is 11.8 Å². The number of hydrogen-bond donors (Lipinski definition) is 1. The van der Waals surface area contributed by atoms with Crippen LogP contribution in [0.4, 0.5) is 0 Å². The van der Waals surface area contributed by atoms with Gasteiger partial charge in [0.2, 0.25) is 5.16 Å². The summed E-state index contributed by atoms with van der Waals surface area (Å²) in [5, 5.41) is 16.4. The van der Waals surface area contributed by atoms with Gasteiger partial charge in [0.15, 0.2) is 0 Å². The molecule has 6 nitrogen and oxygen atoms in total. The summed E-state index contributed by atoms with van der Waals surface area (Å²) in [5.74, 6) is 0. The molecule has 2 aromatic rings. The molecule has 0 aromatic carbocycles. The standard InChI is InChI=1S/C12H18N6S/c1-4-7-13-9(2)10-5-6-11(14-8-10)19-12-15-16-17-18(12)3/h5-6,8-9,13H,4,7H2,1-3H3. The second-order valence-electron chi connectivity index (χ2n) is 4.29. The predicted octanol–water partition coefficient (Wildman–Crippen LogP) is 1.82. The van der Waals surface area contributed by atoms with Gasteiger partial charge in [-0.25, -0.2) is 9.67 Å². The smallest absolute Gasteiger partial charge is 0.215 e. The van der Waals surface area contributed by atoms with Crippen LogP contribution in [-0.4, -0.2) is 31.7 Å². The third kappa shape index (κ3) is 3.74. The molecule has 1 atom stereocenters. The maximum Gasteiger partial charge on any atom is 0.215 e. The Kier molecular flexibility index (Phi) is 4.86. The van der Waals surface area contributed by atoms with Crippen molar-refractivity contribution < 1.29 is 0 Å². The van der Waals surface area contributed by atoms with Crippen LogP contribution in [0.15, 0.2) is 28.5 Å². The van der Waals surface area contributed by atoms with Crippen LogP contribution in [0.1, 0.15) is 31.9 Å². The topological polar surface area (TPSA) is 68.5 Å². The third-order valence-electron chi connectivity index (χ3n) is 2.74. The SMILES string of the molecule is CCCNC(C)c1ccc(Sc2nnnn2C)nc1. The van der Waals surface area contributed by atoms with Crippen molar-refractivity contribution in [3.8, 4) is 0 Å². The fraction of sp³-hybridized carbons (Fsp3) is 0.500. The number of pyridine rings is 1. The van der Waals surface area contributed by atoms with E-state index >= 15 is 0 Å². The molecule has 2 rings (SSSR count). The van der Waals surface area contributed by atoms with Gasteiger partial charge in [-0.05, 0) is 53.7 Å². The van der Waals surface area contributed by atoms with Crippen molar-refractivity contribution in [3.63, 3.8) is 0 Å². The minimum atomic E-state index is 0.322. The van der Waals surface area contributed by atoms with Crippen LogP contribution in [-0.2, 0) is 7.05 Å². The molecular formula is C12H18N6S. The molecule has 7 heteroatoms. The molecule has 0 radical (unpaired) electrons. The first-order valence-electron chi connectivity index (χ1n) is 6.30. The molecule has 1 N–H and O–H groups in total. The van der Waals surface area contributed by atoms with Crippen LogP contribution in [0.5, 0.6) is 0 Å². The highest BCUT2D eigenvalue weighted by Crippen LogP contribution is 2.23. The second kappa shape index (κ2) is 6.63. The Morgan fingerprint density at radius 1 is 1.42 bits per heavy atom. The minimum absolute atomic E-state index is 0.322. The van der Waals surface area contributed by atoms with E-state index in [0.29, 0.717) is 6.04 Å². The van der Waals surface area contributed by atoms with E-state index in [0.717, 1.165) is 23.1 Å². The molecule has 0 aliphatic heterocycles. The van der Waals surface area contributed by atoms with E-state index in [1.54, 1.807) is 4.68 Å². The van der Waals surface area contributed by atoms with E-state index in [1.807, 2.05) is 19.3 Å². The highest BCUT2D eigenvalue weighted by Gasteiger charge is 2.08. The molecule has 0 fully saturated rings. The van der Waals surface area contributed by atoms with E-state index in [1.165, 1.54) is 17.3 Å². The summed E-state index contributed by atoms with van der Waals surface area (Å²) in [6.45, 7) is 5.32. The Labute approximate surface area is 117 Å². The summed E-state index contributed by atoms with van der Waals surface area (Å²) in [7, 11) is 1.81. The summed E-state index contributed by atoms with van der Waals surface area (Å²) in [5.41, 5.74) is 1.19. The first-order chi connectivity index (χ1) is 9.20. The van der Waals surface area contributed by atoms with Crippen LogP contribution < -0.4 is 5.32 Å².